The Morgan fingerprint density at radius 3 is 3.00 bits per heavy atom. The van der Waals surface area contributed by atoms with E-state index in [0.717, 1.165) is 6.54 Å². The molecule has 27 valence electrons. The zero-order valence-corrected chi connectivity index (χ0v) is 2.78. The molecule has 0 fully saturated rings. The third kappa shape index (κ3) is 0.389. The highest BCUT2D eigenvalue weighted by molar-refractivity contribution is 4.76. The zero-order valence-electron chi connectivity index (χ0n) is 2.78. The van der Waals surface area contributed by atoms with Crippen molar-refractivity contribution in [2.45, 2.75) is 0 Å². The molecule has 0 aromatic rings. The Morgan fingerprint density at radius 1 is 1.80 bits per heavy atom. The smallest absolute Gasteiger partial charge is 0.0417 e. The van der Waals surface area contributed by atoms with Crippen LogP contribution in [0.2, 0.25) is 0 Å². The molecule has 1 heterocycles. The van der Waals surface area contributed by atoms with Crippen molar-refractivity contribution >= 4 is 0 Å². The van der Waals surface area contributed by atoms with Crippen molar-refractivity contribution < 1.29 is 0 Å². The Morgan fingerprint density at radius 2 is 2.80 bits per heavy atom. The van der Waals surface area contributed by atoms with Crippen molar-refractivity contribution in [3.05, 3.63) is 12.3 Å². The summed E-state index contributed by atoms with van der Waals surface area (Å²) in [6.45, 7) is 0.833. The maximum atomic E-state index is 2.88. The molecule has 0 aliphatic carbocycles. The first kappa shape index (κ1) is 2.72. The van der Waals surface area contributed by atoms with Gasteiger partial charge in [0.2, 0.25) is 0 Å². The minimum absolute atomic E-state index is 0.833. The molecule has 0 saturated carbocycles. The fourth-order valence-electron chi connectivity index (χ4n) is 0.255. The summed E-state index contributed by atoms with van der Waals surface area (Å²) in [6.07, 6.45) is 4.62. The molecule has 1 aliphatic rings. The van der Waals surface area contributed by atoms with E-state index in [2.05, 4.69) is 16.9 Å². The summed E-state index contributed by atoms with van der Waals surface area (Å²) >= 11 is 0. The fourth-order valence-corrected chi connectivity index (χ4v) is 0.255. The van der Waals surface area contributed by atoms with Crippen LogP contribution < -0.4 is 10.9 Å². The quantitative estimate of drug-likeness (QED) is 0.397. The van der Waals surface area contributed by atoms with E-state index in [9.17, 15) is 0 Å². The topological polar surface area (TPSA) is 24.1 Å². The Kier molecular flexibility index (Phi) is 0.588. The summed E-state index contributed by atoms with van der Waals surface area (Å²) < 4.78 is 0. The van der Waals surface area contributed by atoms with E-state index in [0.29, 0.717) is 0 Å². The maximum absolute atomic E-state index is 2.88. The molecule has 1 radical (unpaired) electrons. The van der Waals surface area contributed by atoms with Gasteiger partial charge in [-0.15, -0.1) is 0 Å². The fraction of sp³-hybridized carbons (Fsp3) is 0.333. The SMILES string of the molecule is [C]1=CNNC1. The molecule has 0 saturated heterocycles. The standard InChI is InChI=1S/C3H5N2/c1-2-4-5-3-1/h2,4-5H,3H2. The van der Waals surface area contributed by atoms with E-state index in [1.807, 2.05) is 0 Å². The van der Waals surface area contributed by atoms with E-state index in [1.54, 1.807) is 6.20 Å². The maximum Gasteiger partial charge on any atom is 0.0417 e. The molecule has 0 aromatic carbocycles. The van der Waals surface area contributed by atoms with Gasteiger partial charge in [-0.3, -0.25) is 0 Å². The van der Waals surface area contributed by atoms with E-state index in [1.165, 1.54) is 0 Å². The molecule has 2 heteroatoms. The van der Waals surface area contributed by atoms with Crippen LogP contribution in [0.4, 0.5) is 0 Å². The molecule has 0 spiro atoms. The monoisotopic (exact) mass is 69.0 g/mol. The molecule has 0 amide bonds. The Labute approximate surface area is 30.8 Å². The van der Waals surface area contributed by atoms with Crippen LogP contribution in [0, 0.1) is 6.08 Å². The third-order valence-electron chi connectivity index (χ3n) is 0.467. The highest BCUT2D eigenvalue weighted by Crippen LogP contribution is 1.65. The number of hydrogen-bond donors (Lipinski definition) is 2. The first-order valence-corrected chi connectivity index (χ1v) is 1.53. The molecule has 0 unspecified atom stereocenters. The summed E-state index contributed by atoms with van der Waals surface area (Å²) in [4.78, 5) is 0. The minimum atomic E-state index is 0.833. The Hall–Kier alpha value is -0.500. The second-order valence-electron chi connectivity index (χ2n) is 0.846. The lowest BCUT2D eigenvalue weighted by molar-refractivity contribution is 0.725. The predicted octanol–water partition coefficient (Wildman–Crippen LogP) is -0.589. The predicted molar refractivity (Wildman–Crippen MR) is 19.0 cm³/mol. The van der Waals surface area contributed by atoms with Crippen LogP contribution in [0.15, 0.2) is 6.20 Å². The highest BCUT2D eigenvalue weighted by Gasteiger charge is 1.79. The van der Waals surface area contributed by atoms with Crippen molar-refractivity contribution in [3.63, 3.8) is 0 Å². The zero-order chi connectivity index (χ0) is 3.54. The summed E-state index contributed by atoms with van der Waals surface area (Å²) in [5.41, 5.74) is 5.54. The van der Waals surface area contributed by atoms with Gasteiger partial charge in [0.05, 0.1) is 0 Å². The molecule has 5 heavy (non-hydrogen) atoms. The average molecular weight is 69.1 g/mol. The molecule has 1 aliphatic heterocycles. The molecule has 0 atom stereocenters. The number of nitrogens with one attached hydrogen (secondary N) is 2. The lowest BCUT2D eigenvalue weighted by atomic mass is 10.7. The second-order valence-corrected chi connectivity index (χ2v) is 0.846. The normalized spacial score (nSPS) is 19.2. The third-order valence-corrected chi connectivity index (χ3v) is 0.467. The Balaban J connectivity index is 2.32. The van der Waals surface area contributed by atoms with Crippen LogP contribution in [0.5, 0.6) is 0 Å². The summed E-state index contributed by atoms with van der Waals surface area (Å²) in [7, 11) is 0. The largest absolute Gasteiger partial charge is 0.328 e. The summed E-state index contributed by atoms with van der Waals surface area (Å²) in [5, 5.41) is 0. The molecular formula is C3H5N2. The summed E-state index contributed by atoms with van der Waals surface area (Å²) in [5.74, 6) is 0. The summed E-state index contributed by atoms with van der Waals surface area (Å²) in [6, 6.07) is 0. The van der Waals surface area contributed by atoms with Gasteiger partial charge in [-0.1, -0.05) is 0 Å². The molecule has 2 N–H and O–H groups in total. The second kappa shape index (κ2) is 1.08. The van der Waals surface area contributed by atoms with Crippen LogP contribution in [-0.4, -0.2) is 6.54 Å². The number of hydrazine groups is 1. The van der Waals surface area contributed by atoms with Crippen LogP contribution in [-0.2, 0) is 0 Å². The van der Waals surface area contributed by atoms with Crippen LogP contribution in [0.1, 0.15) is 0 Å². The molecular weight excluding hydrogens is 64.0 g/mol. The molecule has 2 nitrogen and oxygen atoms in total. The van der Waals surface area contributed by atoms with Gasteiger partial charge in [0.25, 0.3) is 0 Å². The van der Waals surface area contributed by atoms with E-state index >= 15 is 0 Å². The molecule has 0 aromatic heterocycles. The van der Waals surface area contributed by atoms with Gasteiger partial charge in [0.1, 0.15) is 0 Å². The van der Waals surface area contributed by atoms with Crippen molar-refractivity contribution in [2.24, 2.45) is 0 Å². The van der Waals surface area contributed by atoms with Gasteiger partial charge >= 0.3 is 0 Å². The van der Waals surface area contributed by atoms with Crippen LogP contribution >= 0.6 is 0 Å². The first-order valence-electron chi connectivity index (χ1n) is 1.53. The minimum Gasteiger partial charge on any atom is -0.328 e. The van der Waals surface area contributed by atoms with Crippen molar-refractivity contribution in [1.82, 2.24) is 10.9 Å². The van der Waals surface area contributed by atoms with Gasteiger partial charge in [0.15, 0.2) is 0 Å². The average Bonchev–Trinajstić information content (AvgIpc) is 1.76. The first-order chi connectivity index (χ1) is 2.50. The van der Waals surface area contributed by atoms with Crippen molar-refractivity contribution in [2.75, 3.05) is 6.54 Å². The van der Waals surface area contributed by atoms with Gasteiger partial charge < -0.3 is 5.43 Å². The number of rotatable bonds is 0. The van der Waals surface area contributed by atoms with Crippen LogP contribution in [0.25, 0.3) is 0 Å². The van der Waals surface area contributed by atoms with Crippen molar-refractivity contribution in [1.29, 1.82) is 0 Å². The van der Waals surface area contributed by atoms with E-state index in [4.69, 9.17) is 0 Å². The highest BCUT2D eigenvalue weighted by atomic mass is 15.4. The van der Waals surface area contributed by atoms with Gasteiger partial charge in [-0.2, -0.15) is 0 Å². The van der Waals surface area contributed by atoms with E-state index in [-0.39, 0.29) is 0 Å². The van der Waals surface area contributed by atoms with Crippen molar-refractivity contribution in [3.8, 4) is 0 Å². The molecule has 1 rings (SSSR count). The van der Waals surface area contributed by atoms with Crippen LogP contribution in [0.3, 0.4) is 0 Å². The lowest BCUT2D eigenvalue weighted by Crippen LogP contribution is -2.19. The van der Waals surface area contributed by atoms with Gasteiger partial charge in [0, 0.05) is 12.7 Å². The van der Waals surface area contributed by atoms with Gasteiger partial charge in [-0.05, 0) is 6.08 Å². The lowest BCUT2D eigenvalue weighted by Gasteiger charge is -1.83. The molecule has 0 bridgehead atoms. The number of hydrogen-bond acceptors (Lipinski definition) is 2. The Bertz CT molecular complexity index is 42.9. The van der Waals surface area contributed by atoms with Gasteiger partial charge in [-0.25, -0.2) is 5.43 Å². The van der Waals surface area contributed by atoms with E-state index < -0.39 is 0 Å².